The fourth-order valence-electron chi connectivity index (χ4n) is 2.47. The smallest absolute Gasteiger partial charge is 0.356 e. The molecule has 0 spiro atoms. The molecule has 1 unspecified atom stereocenters. The summed E-state index contributed by atoms with van der Waals surface area (Å²) in [4.78, 5) is 48.6. The minimum Gasteiger partial charge on any atom is -0.394 e. The molecule has 1 heterocycles. The first kappa shape index (κ1) is 20.7. The molecule has 0 aromatic carbocycles. The van der Waals surface area contributed by atoms with Crippen LogP contribution in [0.5, 0.6) is 0 Å². The zero-order valence-electron chi connectivity index (χ0n) is 11.9. The van der Waals surface area contributed by atoms with Gasteiger partial charge in [0.15, 0.2) is 5.28 Å². The molecule has 0 aromatic heterocycles. The van der Waals surface area contributed by atoms with Crippen LogP contribution in [0.3, 0.4) is 0 Å². The van der Waals surface area contributed by atoms with E-state index in [1.54, 1.807) is 5.32 Å². The summed E-state index contributed by atoms with van der Waals surface area (Å²) in [5.41, 5.74) is 0. The van der Waals surface area contributed by atoms with Crippen LogP contribution in [-0.4, -0.2) is 83.3 Å². The molecule has 14 heteroatoms. The van der Waals surface area contributed by atoms with Crippen LogP contribution in [0.15, 0.2) is 0 Å². The summed E-state index contributed by atoms with van der Waals surface area (Å²) in [5.74, 6) is -1.04. The van der Waals surface area contributed by atoms with Gasteiger partial charge in [0.25, 0.3) is 0 Å². The van der Waals surface area contributed by atoms with Gasteiger partial charge in [0.2, 0.25) is 5.91 Å². The van der Waals surface area contributed by atoms with E-state index in [2.05, 4.69) is 0 Å². The molecular weight excluding hydrogens is 360 g/mol. The number of hydrogen-bond donors (Lipinski definition) is 8. The average Bonchev–Trinajstić information content (AvgIpc) is 2.34. The summed E-state index contributed by atoms with van der Waals surface area (Å²) in [6, 6.07) is 0. The van der Waals surface area contributed by atoms with Gasteiger partial charge in [-0.25, -0.2) is 0 Å². The molecule has 0 bridgehead atoms. The third-order valence-electron chi connectivity index (χ3n) is 3.43. The zero-order chi connectivity index (χ0) is 18.2. The van der Waals surface area contributed by atoms with Gasteiger partial charge in [-0.15, -0.1) is 0 Å². The molecule has 0 aliphatic carbocycles. The Labute approximate surface area is 130 Å². The van der Waals surface area contributed by atoms with E-state index >= 15 is 0 Å². The molecule has 0 radical (unpaired) electrons. The summed E-state index contributed by atoms with van der Waals surface area (Å²) in [5, 5.41) is 27.9. The van der Waals surface area contributed by atoms with E-state index in [4.69, 9.17) is 19.6 Å². The molecule has 1 fully saturated rings. The van der Waals surface area contributed by atoms with Crippen LogP contribution < -0.4 is 5.32 Å². The van der Waals surface area contributed by atoms with Gasteiger partial charge in [-0.1, -0.05) is 0 Å². The molecule has 0 aromatic rings. The van der Waals surface area contributed by atoms with E-state index in [9.17, 15) is 33.9 Å². The maximum Gasteiger partial charge on any atom is 0.356 e. The lowest BCUT2D eigenvalue weighted by Gasteiger charge is -2.50. The lowest BCUT2D eigenvalue weighted by Crippen LogP contribution is -2.73. The monoisotopic (exact) mass is 379 g/mol. The van der Waals surface area contributed by atoms with Gasteiger partial charge in [0.1, 0.15) is 24.4 Å². The van der Waals surface area contributed by atoms with E-state index in [1.165, 1.54) is 0 Å². The number of aliphatic hydroxyl groups is 3. The van der Waals surface area contributed by atoms with Crippen molar-refractivity contribution in [2.75, 3.05) is 12.8 Å². The highest BCUT2D eigenvalue weighted by Crippen LogP contribution is 2.58. The van der Waals surface area contributed by atoms with Gasteiger partial charge in [-0.2, -0.15) is 0 Å². The van der Waals surface area contributed by atoms with E-state index in [0.717, 1.165) is 6.92 Å². The predicted octanol–water partition coefficient (Wildman–Crippen LogP) is -3.34. The summed E-state index contributed by atoms with van der Waals surface area (Å²) in [6.45, 7) is -0.0453. The van der Waals surface area contributed by atoms with Gasteiger partial charge < -0.3 is 44.9 Å². The van der Waals surface area contributed by atoms with Gasteiger partial charge in [-0.3, -0.25) is 13.9 Å². The van der Waals surface area contributed by atoms with Gasteiger partial charge >= 0.3 is 15.2 Å². The number of hydrogen-bond acceptors (Lipinski definition) is 7. The predicted molar refractivity (Wildman–Crippen MR) is 73.3 cm³/mol. The molecule has 1 aliphatic rings. The van der Waals surface area contributed by atoms with Crippen molar-refractivity contribution in [2.24, 2.45) is 0 Å². The lowest BCUT2D eigenvalue weighted by molar-refractivity contribution is -0.204. The number of rotatable bonds is 5. The summed E-state index contributed by atoms with van der Waals surface area (Å²) in [7, 11) is -10.4. The molecule has 1 saturated heterocycles. The quantitative estimate of drug-likeness (QED) is 0.221. The Balaban J connectivity index is 3.50. The third kappa shape index (κ3) is 4.18. The first-order valence-electron chi connectivity index (χ1n) is 6.27. The molecule has 1 amide bonds. The largest absolute Gasteiger partial charge is 0.394 e. The highest BCUT2D eigenvalue weighted by Gasteiger charge is 2.66. The standard InChI is InChI=1S/C9H19NO11P2/c1-4(12)10-9(23(18,19)20)6(3-22(15,16)17)21-5(2-11)7(13)8(9)14/h5-8,11,13-14H,2-3H2,1H3,(H,10,12)(H2,15,16,17)(H2,18,19,20)/t5-,6-,7+,8+,9?/m1/s1. The van der Waals surface area contributed by atoms with Crippen molar-refractivity contribution in [3.63, 3.8) is 0 Å². The van der Waals surface area contributed by atoms with E-state index in [1.807, 2.05) is 0 Å². The van der Waals surface area contributed by atoms with E-state index in [-0.39, 0.29) is 0 Å². The number of carbonyl (C=O) groups excluding carboxylic acids is 1. The number of ether oxygens (including phenoxy) is 1. The molecule has 136 valence electrons. The van der Waals surface area contributed by atoms with Crippen LogP contribution in [-0.2, 0) is 18.7 Å². The molecule has 12 nitrogen and oxygen atoms in total. The minimum atomic E-state index is -5.49. The summed E-state index contributed by atoms with van der Waals surface area (Å²) in [6.07, 6.45) is -9.26. The Morgan fingerprint density at radius 1 is 1.22 bits per heavy atom. The average molecular weight is 379 g/mol. The molecule has 23 heavy (non-hydrogen) atoms. The normalized spacial score (nSPS) is 35.8. The number of aliphatic hydroxyl groups excluding tert-OH is 3. The first-order chi connectivity index (χ1) is 10.3. The number of amides is 1. The Bertz CT molecular complexity index is 544. The second-order valence-electron chi connectivity index (χ2n) is 5.18. The Morgan fingerprint density at radius 3 is 2.09 bits per heavy atom. The highest BCUT2D eigenvalue weighted by molar-refractivity contribution is 7.54. The van der Waals surface area contributed by atoms with E-state index in [0.29, 0.717) is 0 Å². The van der Waals surface area contributed by atoms with Crippen molar-refractivity contribution in [2.45, 2.75) is 36.6 Å². The summed E-state index contributed by atoms with van der Waals surface area (Å²) >= 11 is 0. The molecule has 1 rings (SSSR count). The zero-order valence-corrected chi connectivity index (χ0v) is 13.7. The second kappa shape index (κ2) is 6.85. The van der Waals surface area contributed by atoms with Crippen molar-refractivity contribution in [1.82, 2.24) is 5.32 Å². The number of carbonyl (C=O) groups is 1. The Morgan fingerprint density at radius 2 is 1.74 bits per heavy atom. The lowest BCUT2D eigenvalue weighted by atomic mass is 9.92. The van der Waals surface area contributed by atoms with Crippen molar-refractivity contribution in [3.8, 4) is 0 Å². The van der Waals surface area contributed by atoms with Gasteiger partial charge in [0, 0.05) is 6.92 Å². The molecule has 1 aliphatic heterocycles. The highest BCUT2D eigenvalue weighted by atomic mass is 31.2. The van der Waals surface area contributed by atoms with E-state index < -0.39 is 63.6 Å². The van der Waals surface area contributed by atoms with Gasteiger partial charge in [-0.05, 0) is 0 Å². The molecular formula is C9H19NO11P2. The third-order valence-corrected chi connectivity index (χ3v) is 5.86. The second-order valence-corrected chi connectivity index (χ2v) is 8.70. The molecule has 5 atom stereocenters. The maximum atomic E-state index is 11.9. The van der Waals surface area contributed by atoms with Crippen molar-refractivity contribution >= 4 is 21.1 Å². The van der Waals surface area contributed by atoms with Crippen LogP contribution in [0.4, 0.5) is 0 Å². The van der Waals surface area contributed by atoms with Crippen molar-refractivity contribution < 1.29 is 53.6 Å². The van der Waals surface area contributed by atoms with Gasteiger partial charge in [0.05, 0.1) is 12.8 Å². The fourth-order valence-corrected chi connectivity index (χ4v) is 4.75. The number of nitrogens with one attached hydrogen (secondary N) is 1. The first-order valence-corrected chi connectivity index (χ1v) is 9.68. The molecule has 8 N–H and O–H groups in total. The summed E-state index contributed by atoms with van der Waals surface area (Å²) < 4.78 is 28.1. The van der Waals surface area contributed by atoms with Crippen molar-refractivity contribution in [1.29, 1.82) is 0 Å². The van der Waals surface area contributed by atoms with Crippen molar-refractivity contribution in [3.05, 3.63) is 0 Å². The minimum absolute atomic E-state index is 0.850. The van der Waals surface area contributed by atoms with Crippen LogP contribution in [0.25, 0.3) is 0 Å². The van der Waals surface area contributed by atoms with Crippen LogP contribution in [0.2, 0.25) is 0 Å². The van der Waals surface area contributed by atoms with Crippen LogP contribution in [0, 0.1) is 0 Å². The fraction of sp³-hybridized carbons (Fsp3) is 0.889. The SMILES string of the molecule is CC(=O)NC1(P(=O)(O)O)[C@@H](CP(=O)(O)O)O[C@H](CO)[C@H](O)[C@@H]1O. The Kier molecular flexibility index (Phi) is 6.15. The van der Waals surface area contributed by atoms with Crippen LogP contribution >= 0.6 is 15.2 Å². The molecule has 0 saturated carbocycles. The van der Waals surface area contributed by atoms with Crippen LogP contribution in [0.1, 0.15) is 6.92 Å². The Hall–Kier alpha value is -0.390. The maximum absolute atomic E-state index is 11.9. The topological polar surface area (TPSA) is 214 Å².